The van der Waals surface area contributed by atoms with E-state index in [0.29, 0.717) is 0 Å². The van der Waals surface area contributed by atoms with Crippen LogP contribution < -0.4 is 0 Å². The Morgan fingerprint density at radius 1 is 0.488 bits per heavy atom. The van der Waals surface area contributed by atoms with E-state index in [9.17, 15) is 0 Å². The zero-order valence-electron chi connectivity index (χ0n) is 22.5. The Labute approximate surface area is 238 Å². The summed E-state index contributed by atoms with van der Waals surface area (Å²) in [6.45, 7) is 2.12. The number of aromatic nitrogens is 3. The third-order valence-corrected chi connectivity index (χ3v) is 8.09. The van der Waals surface area contributed by atoms with Crippen molar-refractivity contribution in [2.24, 2.45) is 0 Å². The van der Waals surface area contributed by atoms with Crippen molar-refractivity contribution in [1.82, 2.24) is 15.0 Å². The molecule has 0 saturated heterocycles. The van der Waals surface area contributed by atoms with Crippen LogP contribution in [0.5, 0.6) is 0 Å². The van der Waals surface area contributed by atoms with Crippen LogP contribution >= 0.6 is 0 Å². The van der Waals surface area contributed by atoms with Gasteiger partial charge in [0, 0.05) is 34.6 Å². The molecule has 41 heavy (non-hydrogen) atoms. The molecular weight excluding hydrogens is 498 g/mol. The van der Waals surface area contributed by atoms with Gasteiger partial charge in [0.1, 0.15) is 0 Å². The monoisotopic (exact) mass is 523 g/mol. The summed E-state index contributed by atoms with van der Waals surface area (Å²) >= 11 is 0. The number of benzene rings is 6. The number of nitrogens with zero attached hydrogens (tertiary/aromatic N) is 3. The quantitative estimate of drug-likeness (QED) is 0.216. The van der Waals surface area contributed by atoms with Crippen molar-refractivity contribution in [2.45, 2.75) is 6.92 Å². The second kappa shape index (κ2) is 9.35. The lowest BCUT2D eigenvalue weighted by Crippen LogP contribution is -1.99. The van der Waals surface area contributed by atoms with Crippen LogP contribution in [0, 0.1) is 6.92 Å². The van der Waals surface area contributed by atoms with E-state index in [1.807, 2.05) is 12.3 Å². The van der Waals surface area contributed by atoms with Gasteiger partial charge in [0.2, 0.25) is 0 Å². The first-order chi connectivity index (χ1) is 20.2. The molecule has 0 radical (unpaired) electrons. The maximum Gasteiger partial charge on any atom is 0.160 e. The third kappa shape index (κ3) is 3.86. The highest BCUT2D eigenvalue weighted by atomic mass is 14.9. The van der Waals surface area contributed by atoms with Crippen LogP contribution in [-0.2, 0) is 0 Å². The average Bonchev–Trinajstić information content (AvgIpc) is 3.04. The summed E-state index contributed by atoms with van der Waals surface area (Å²) in [6, 6.07) is 42.8. The largest absolute Gasteiger partial charge is 0.264 e. The van der Waals surface area contributed by atoms with Crippen LogP contribution in [0.1, 0.15) is 5.56 Å². The van der Waals surface area contributed by atoms with Gasteiger partial charge in [-0.3, -0.25) is 4.98 Å². The van der Waals surface area contributed by atoms with E-state index in [0.717, 1.165) is 50.6 Å². The molecule has 0 atom stereocenters. The molecule has 0 spiro atoms. The first-order valence-corrected chi connectivity index (χ1v) is 13.9. The maximum absolute atomic E-state index is 5.22. The van der Waals surface area contributed by atoms with Crippen LogP contribution in [0.4, 0.5) is 0 Å². The lowest BCUT2D eigenvalue weighted by molar-refractivity contribution is 1.18. The fourth-order valence-electron chi connectivity index (χ4n) is 6.11. The van der Waals surface area contributed by atoms with Crippen LogP contribution in [-0.4, -0.2) is 15.0 Å². The Morgan fingerprint density at radius 3 is 1.90 bits per heavy atom. The Morgan fingerprint density at radius 2 is 1.15 bits per heavy atom. The Hall–Kier alpha value is -5.41. The first kappa shape index (κ1) is 23.5. The smallest absolute Gasteiger partial charge is 0.160 e. The maximum atomic E-state index is 5.22. The number of pyridine rings is 1. The lowest BCUT2D eigenvalue weighted by atomic mass is 9.90. The van der Waals surface area contributed by atoms with Gasteiger partial charge in [-0.2, -0.15) is 0 Å². The number of rotatable bonds is 4. The molecule has 0 amide bonds. The van der Waals surface area contributed by atoms with E-state index >= 15 is 0 Å². The highest BCUT2D eigenvalue weighted by Crippen LogP contribution is 2.40. The van der Waals surface area contributed by atoms with Crippen molar-refractivity contribution in [2.75, 3.05) is 0 Å². The number of aryl methyl sites for hydroxylation is 1. The van der Waals surface area contributed by atoms with Crippen molar-refractivity contribution < 1.29 is 0 Å². The summed E-state index contributed by atoms with van der Waals surface area (Å²) in [4.78, 5) is 14.8. The lowest BCUT2D eigenvalue weighted by Gasteiger charge is -2.16. The first-order valence-electron chi connectivity index (χ1n) is 13.9. The molecule has 0 aliphatic carbocycles. The third-order valence-electron chi connectivity index (χ3n) is 8.09. The summed E-state index contributed by atoms with van der Waals surface area (Å²) in [6.07, 6.45) is 3.71. The summed E-state index contributed by atoms with van der Waals surface area (Å²) in [5.74, 6) is 0.724. The van der Waals surface area contributed by atoms with Gasteiger partial charge in [0.25, 0.3) is 0 Å². The predicted molar refractivity (Wildman–Crippen MR) is 170 cm³/mol. The highest BCUT2D eigenvalue weighted by molar-refractivity contribution is 6.25. The molecule has 0 N–H and O–H groups in total. The van der Waals surface area contributed by atoms with Crippen molar-refractivity contribution in [1.29, 1.82) is 0 Å². The second-order valence-corrected chi connectivity index (χ2v) is 10.5. The van der Waals surface area contributed by atoms with E-state index < -0.39 is 0 Å². The fraction of sp³-hybridized carbons (Fsp3) is 0.0263. The SMILES string of the molecule is Cc1ccccc1-c1nc(-c2ccccc2-c2cccnc2)cc(-c2ccc3ccc4cccc5ccc2c3c45)n1. The van der Waals surface area contributed by atoms with E-state index in [1.54, 1.807) is 6.20 Å². The van der Waals surface area contributed by atoms with Crippen LogP contribution in [0.25, 0.3) is 77.3 Å². The van der Waals surface area contributed by atoms with Gasteiger partial charge in [-0.25, -0.2) is 9.97 Å². The molecule has 0 fully saturated rings. The standard InChI is InChI=1S/C38H25N3/c1-24-8-2-3-12-29(24)38-40-34(31-14-5-4-13-30(31)28-11-7-21-39-23-28)22-35(41-38)32-19-17-27-16-15-25-9-6-10-26-18-20-33(32)37(27)36(25)26/h2-23H,1H3. The van der Waals surface area contributed by atoms with Gasteiger partial charge in [-0.15, -0.1) is 0 Å². The minimum absolute atomic E-state index is 0.724. The van der Waals surface area contributed by atoms with E-state index in [2.05, 4.69) is 127 Å². The fourth-order valence-corrected chi connectivity index (χ4v) is 6.11. The van der Waals surface area contributed by atoms with Crippen molar-refractivity contribution in [3.05, 3.63) is 139 Å². The molecule has 0 unspecified atom stereocenters. The number of hydrogen-bond donors (Lipinski definition) is 0. The van der Waals surface area contributed by atoms with Gasteiger partial charge < -0.3 is 0 Å². The molecule has 8 aromatic rings. The Bertz CT molecular complexity index is 2200. The Balaban J connectivity index is 1.43. The van der Waals surface area contributed by atoms with Gasteiger partial charge >= 0.3 is 0 Å². The van der Waals surface area contributed by atoms with Crippen molar-refractivity contribution in [3.63, 3.8) is 0 Å². The molecule has 0 aliphatic heterocycles. The molecule has 0 aliphatic rings. The summed E-state index contributed by atoms with van der Waals surface area (Å²) in [5.41, 5.74) is 8.29. The Kier molecular flexibility index (Phi) is 5.36. The molecule has 0 bridgehead atoms. The minimum Gasteiger partial charge on any atom is -0.264 e. The van der Waals surface area contributed by atoms with E-state index in [4.69, 9.17) is 9.97 Å². The number of hydrogen-bond acceptors (Lipinski definition) is 3. The van der Waals surface area contributed by atoms with Crippen molar-refractivity contribution >= 4 is 32.3 Å². The molecule has 0 saturated carbocycles. The molecule has 2 heterocycles. The molecule has 3 heteroatoms. The average molecular weight is 524 g/mol. The second-order valence-electron chi connectivity index (χ2n) is 10.5. The molecule has 6 aromatic carbocycles. The van der Waals surface area contributed by atoms with Gasteiger partial charge in [0.05, 0.1) is 11.4 Å². The van der Waals surface area contributed by atoms with Crippen LogP contribution in [0.15, 0.2) is 134 Å². The summed E-state index contributed by atoms with van der Waals surface area (Å²) < 4.78 is 0. The minimum atomic E-state index is 0.724. The molecule has 3 nitrogen and oxygen atoms in total. The van der Waals surface area contributed by atoms with Crippen LogP contribution in [0.3, 0.4) is 0 Å². The topological polar surface area (TPSA) is 38.7 Å². The normalized spacial score (nSPS) is 11.5. The highest BCUT2D eigenvalue weighted by Gasteiger charge is 2.18. The van der Waals surface area contributed by atoms with Gasteiger partial charge in [-0.05, 0) is 62.5 Å². The van der Waals surface area contributed by atoms with Gasteiger partial charge in [0.15, 0.2) is 5.82 Å². The molecule has 2 aromatic heterocycles. The van der Waals surface area contributed by atoms with Gasteiger partial charge in [-0.1, -0.05) is 109 Å². The molecule has 8 rings (SSSR count). The summed E-state index contributed by atoms with van der Waals surface area (Å²) in [7, 11) is 0. The zero-order chi connectivity index (χ0) is 27.3. The van der Waals surface area contributed by atoms with E-state index in [-0.39, 0.29) is 0 Å². The van der Waals surface area contributed by atoms with E-state index in [1.165, 1.54) is 32.3 Å². The summed E-state index contributed by atoms with van der Waals surface area (Å²) in [5, 5.41) is 7.54. The molecular formula is C38H25N3. The molecule has 192 valence electrons. The van der Waals surface area contributed by atoms with Crippen molar-refractivity contribution in [3.8, 4) is 45.0 Å². The zero-order valence-corrected chi connectivity index (χ0v) is 22.5. The predicted octanol–water partition coefficient (Wildman–Crippen LogP) is 9.75. The van der Waals surface area contributed by atoms with Crippen LogP contribution in [0.2, 0.25) is 0 Å².